The van der Waals surface area contributed by atoms with Crippen molar-refractivity contribution in [2.45, 2.75) is 13.3 Å². The number of amides is 2. The molecular weight excluding hydrogens is 286 g/mol. The van der Waals surface area contributed by atoms with Crippen LogP contribution in [0.5, 0.6) is 0 Å². The van der Waals surface area contributed by atoms with E-state index in [1.165, 1.54) is 0 Å². The predicted octanol–water partition coefficient (Wildman–Crippen LogP) is 1.54. The Morgan fingerprint density at radius 1 is 1.19 bits per heavy atom. The van der Waals surface area contributed by atoms with Crippen molar-refractivity contribution in [1.82, 2.24) is 15.6 Å². The Hall–Kier alpha value is -2.21. The maximum Gasteiger partial charge on any atom is 0.251 e. The van der Waals surface area contributed by atoms with E-state index in [2.05, 4.69) is 15.6 Å². The van der Waals surface area contributed by atoms with Crippen LogP contribution < -0.4 is 10.6 Å². The summed E-state index contributed by atoms with van der Waals surface area (Å²) in [6.45, 7) is 2.50. The zero-order valence-electron chi connectivity index (χ0n) is 11.8. The van der Waals surface area contributed by atoms with Crippen molar-refractivity contribution in [3.8, 4) is 0 Å². The minimum Gasteiger partial charge on any atom is -0.354 e. The molecule has 0 unspecified atom stereocenters. The van der Waals surface area contributed by atoms with E-state index in [-0.39, 0.29) is 18.4 Å². The number of nitrogens with one attached hydrogen (secondary N) is 2. The molecule has 1 heterocycles. The van der Waals surface area contributed by atoms with Gasteiger partial charge in [0.1, 0.15) is 0 Å². The first-order valence-electron chi connectivity index (χ1n) is 6.66. The number of aryl methyl sites for hydroxylation is 1. The summed E-state index contributed by atoms with van der Waals surface area (Å²) in [5, 5.41) is 6.35. The fourth-order valence-electron chi connectivity index (χ4n) is 1.74. The monoisotopic (exact) mass is 303 g/mol. The van der Waals surface area contributed by atoms with Crippen molar-refractivity contribution in [2.24, 2.45) is 0 Å². The fourth-order valence-corrected chi connectivity index (χ4v) is 2.53. The van der Waals surface area contributed by atoms with Crippen molar-refractivity contribution in [1.29, 1.82) is 0 Å². The molecule has 2 amide bonds. The van der Waals surface area contributed by atoms with Gasteiger partial charge in [0, 0.05) is 29.6 Å². The largest absolute Gasteiger partial charge is 0.354 e. The van der Waals surface area contributed by atoms with Gasteiger partial charge in [-0.25, -0.2) is 4.98 Å². The molecule has 2 N–H and O–H groups in total. The quantitative estimate of drug-likeness (QED) is 0.850. The van der Waals surface area contributed by atoms with E-state index < -0.39 is 0 Å². The maximum absolute atomic E-state index is 11.7. The van der Waals surface area contributed by atoms with Crippen molar-refractivity contribution >= 4 is 23.2 Å². The van der Waals surface area contributed by atoms with E-state index in [1.54, 1.807) is 35.6 Å². The Bertz CT molecular complexity index is 610. The van der Waals surface area contributed by atoms with Gasteiger partial charge in [-0.15, -0.1) is 11.3 Å². The lowest BCUT2D eigenvalue weighted by Gasteiger charge is -2.06. The SMILES string of the molecule is Cc1cnc(CCNC(=O)CNC(=O)c2ccccc2)s1. The van der Waals surface area contributed by atoms with E-state index in [1.807, 2.05) is 19.2 Å². The first-order valence-corrected chi connectivity index (χ1v) is 7.48. The van der Waals surface area contributed by atoms with Gasteiger partial charge in [-0.05, 0) is 19.1 Å². The van der Waals surface area contributed by atoms with Crippen LogP contribution in [0.25, 0.3) is 0 Å². The second-order valence-corrected chi connectivity index (χ2v) is 5.83. The van der Waals surface area contributed by atoms with Crippen LogP contribution in [0, 0.1) is 6.92 Å². The summed E-state index contributed by atoms with van der Waals surface area (Å²) in [5.74, 6) is -0.450. The molecule has 2 aromatic rings. The summed E-state index contributed by atoms with van der Waals surface area (Å²) in [4.78, 5) is 28.8. The topological polar surface area (TPSA) is 71.1 Å². The normalized spacial score (nSPS) is 10.1. The molecule has 6 heteroatoms. The number of carbonyl (C=O) groups is 2. The molecule has 0 bridgehead atoms. The number of aromatic nitrogens is 1. The molecule has 0 saturated carbocycles. The molecule has 1 aromatic carbocycles. The van der Waals surface area contributed by atoms with Crippen molar-refractivity contribution in [2.75, 3.05) is 13.1 Å². The predicted molar refractivity (Wildman–Crippen MR) is 82.3 cm³/mol. The highest BCUT2D eigenvalue weighted by Crippen LogP contribution is 2.10. The third kappa shape index (κ3) is 5.00. The molecule has 5 nitrogen and oxygen atoms in total. The number of nitrogens with zero attached hydrogens (tertiary/aromatic N) is 1. The lowest BCUT2D eigenvalue weighted by Crippen LogP contribution is -2.37. The zero-order valence-corrected chi connectivity index (χ0v) is 12.6. The summed E-state index contributed by atoms with van der Waals surface area (Å²) in [6.07, 6.45) is 2.53. The highest BCUT2D eigenvalue weighted by atomic mass is 32.1. The number of benzene rings is 1. The molecule has 110 valence electrons. The summed E-state index contributed by atoms with van der Waals surface area (Å²) >= 11 is 1.62. The van der Waals surface area contributed by atoms with E-state index in [9.17, 15) is 9.59 Å². The van der Waals surface area contributed by atoms with Crippen molar-refractivity contribution in [3.63, 3.8) is 0 Å². The van der Waals surface area contributed by atoms with Crippen molar-refractivity contribution < 1.29 is 9.59 Å². The van der Waals surface area contributed by atoms with Gasteiger partial charge in [0.15, 0.2) is 0 Å². The van der Waals surface area contributed by atoms with Crippen LogP contribution in [0.15, 0.2) is 36.5 Å². The standard InChI is InChI=1S/C15H17N3O2S/c1-11-9-17-14(21-11)7-8-16-13(19)10-18-15(20)12-5-3-2-4-6-12/h2-6,9H,7-8,10H2,1H3,(H,16,19)(H,18,20). The van der Waals surface area contributed by atoms with Gasteiger partial charge in [-0.1, -0.05) is 18.2 Å². The molecule has 0 fully saturated rings. The average molecular weight is 303 g/mol. The third-order valence-electron chi connectivity index (χ3n) is 2.78. The minimum absolute atomic E-state index is 0.0232. The van der Waals surface area contributed by atoms with Gasteiger partial charge >= 0.3 is 0 Å². The Morgan fingerprint density at radius 2 is 1.95 bits per heavy atom. The molecule has 0 aliphatic heterocycles. The molecule has 1 aromatic heterocycles. The zero-order chi connectivity index (χ0) is 15.1. The Labute approximate surface area is 127 Å². The molecule has 0 radical (unpaired) electrons. The van der Waals surface area contributed by atoms with Gasteiger partial charge in [0.05, 0.1) is 11.6 Å². The molecular formula is C15H17N3O2S. The van der Waals surface area contributed by atoms with Gasteiger partial charge in [0.25, 0.3) is 5.91 Å². The molecule has 0 atom stereocenters. The summed E-state index contributed by atoms with van der Waals surface area (Å²) in [5.41, 5.74) is 0.545. The van der Waals surface area contributed by atoms with Crippen LogP contribution >= 0.6 is 11.3 Å². The van der Waals surface area contributed by atoms with Crippen LogP contribution in [-0.4, -0.2) is 29.9 Å². The number of rotatable bonds is 6. The maximum atomic E-state index is 11.7. The molecule has 0 saturated heterocycles. The smallest absolute Gasteiger partial charge is 0.251 e. The first-order chi connectivity index (χ1) is 10.1. The molecule has 2 rings (SSSR count). The van der Waals surface area contributed by atoms with Crippen LogP contribution in [0.2, 0.25) is 0 Å². The second-order valence-electron chi connectivity index (χ2n) is 4.51. The number of carbonyl (C=O) groups excluding carboxylic acids is 2. The summed E-state index contributed by atoms with van der Waals surface area (Å²) in [7, 11) is 0. The fraction of sp³-hybridized carbons (Fsp3) is 0.267. The van der Waals surface area contributed by atoms with E-state index in [4.69, 9.17) is 0 Å². The summed E-state index contributed by atoms with van der Waals surface area (Å²) in [6, 6.07) is 8.82. The number of thiazole rings is 1. The molecule has 21 heavy (non-hydrogen) atoms. The van der Waals surface area contributed by atoms with Gasteiger partial charge in [0.2, 0.25) is 5.91 Å². The minimum atomic E-state index is -0.249. The van der Waals surface area contributed by atoms with Gasteiger partial charge in [-0.2, -0.15) is 0 Å². The average Bonchev–Trinajstić information content (AvgIpc) is 2.91. The highest BCUT2D eigenvalue weighted by Gasteiger charge is 2.07. The Balaban J connectivity index is 1.67. The van der Waals surface area contributed by atoms with Crippen LogP contribution in [0.3, 0.4) is 0 Å². The van der Waals surface area contributed by atoms with E-state index >= 15 is 0 Å². The molecule has 0 spiro atoms. The second kappa shape index (κ2) is 7.54. The Morgan fingerprint density at radius 3 is 2.62 bits per heavy atom. The van der Waals surface area contributed by atoms with Crippen LogP contribution in [0.4, 0.5) is 0 Å². The van der Waals surface area contributed by atoms with Crippen LogP contribution in [0.1, 0.15) is 20.2 Å². The Kier molecular flexibility index (Phi) is 5.45. The summed E-state index contributed by atoms with van der Waals surface area (Å²) < 4.78 is 0. The molecule has 0 aliphatic rings. The highest BCUT2D eigenvalue weighted by molar-refractivity contribution is 7.11. The lowest BCUT2D eigenvalue weighted by molar-refractivity contribution is -0.120. The number of hydrogen-bond acceptors (Lipinski definition) is 4. The van der Waals surface area contributed by atoms with Gasteiger partial charge in [-0.3, -0.25) is 9.59 Å². The number of hydrogen-bond donors (Lipinski definition) is 2. The van der Waals surface area contributed by atoms with Gasteiger partial charge < -0.3 is 10.6 Å². The van der Waals surface area contributed by atoms with Crippen LogP contribution in [-0.2, 0) is 11.2 Å². The first kappa shape index (κ1) is 15.2. The molecule has 0 aliphatic carbocycles. The van der Waals surface area contributed by atoms with E-state index in [0.717, 1.165) is 9.88 Å². The van der Waals surface area contributed by atoms with E-state index in [0.29, 0.717) is 18.5 Å². The lowest BCUT2D eigenvalue weighted by atomic mass is 10.2. The van der Waals surface area contributed by atoms with Crippen molar-refractivity contribution in [3.05, 3.63) is 52.0 Å². The third-order valence-corrected chi connectivity index (χ3v) is 3.75.